The lowest BCUT2D eigenvalue weighted by Crippen LogP contribution is -2.20. The predicted octanol–water partition coefficient (Wildman–Crippen LogP) is 3.48. The van der Waals surface area contributed by atoms with Gasteiger partial charge in [-0.2, -0.15) is 13.2 Å². The standard InChI is InChI=1S/C11H11Cl2F3N2O2/c12-7-3-6(17)4-8(13)10(7)18-9(19)1-2-20-5-11(14,15)16/h3-4H,1-2,5,17H2,(H,18,19). The van der Waals surface area contributed by atoms with Crippen molar-refractivity contribution in [3.63, 3.8) is 0 Å². The van der Waals surface area contributed by atoms with Crippen molar-refractivity contribution in [2.24, 2.45) is 0 Å². The summed E-state index contributed by atoms with van der Waals surface area (Å²) in [4.78, 5) is 11.5. The third kappa shape index (κ3) is 5.85. The first kappa shape index (κ1) is 16.9. The van der Waals surface area contributed by atoms with Crippen molar-refractivity contribution in [3.05, 3.63) is 22.2 Å². The van der Waals surface area contributed by atoms with Crippen molar-refractivity contribution < 1.29 is 22.7 Å². The molecule has 0 saturated carbocycles. The summed E-state index contributed by atoms with van der Waals surface area (Å²) in [6, 6.07) is 2.78. The molecule has 9 heteroatoms. The van der Waals surface area contributed by atoms with E-state index in [1.54, 1.807) is 0 Å². The second kappa shape index (κ2) is 7.01. The molecule has 0 radical (unpaired) electrons. The predicted molar refractivity (Wildman–Crippen MR) is 71.0 cm³/mol. The lowest BCUT2D eigenvalue weighted by molar-refractivity contribution is -0.174. The lowest BCUT2D eigenvalue weighted by atomic mass is 10.2. The molecule has 0 aliphatic carbocycles. The summed E-state index contributed by atoms with van der Waals surface area (Å²) in [6.07, 6.45) is -4.67. The Labute approximate surface area is 123 Å². The van der Waals surface area contributed by atoms with E-state index in [1.807, 2.05) is 0 Å². The molecule has 112 valence electrons. The van der Waals surface area contributed by atoms with Gasteiger partial charge in [-0.3, -0.25) is 4.79 Å². The van der Waals surface area contributed by atoms with E-state index in [2.05, 4.69) is 10.1 Å². The van der Waals surface area contributed by atoms with Crippen LogP contribution in [0.25, 0.3) is 0 Å². The first-order valence-electron chi connectivity index (χ1n) is 5.38. The quantitative estimate of drug-likeness (QED) is 0.641. The molecule has 3 N–H and O–H groups in total. The highest BCUT2D eigenvalue weighted by molar-refractivity contribution is 6.40. The van der Waals surface area contributed by atoms with Gasteiger partial charge in [0.25, 0.3) is 0 Å². The second-order valence-electron chi connectivity index (χ2n) is 3.83. The number of nitrogens with one attached hydrogen (secondary N) is 1. The molecule has 0 aliphatic heterocycles. The van der Waals surface area contributed by atoms with E-state index >= 15 is 0 Å². The Morgan fingerprint density at radius 3 is 2.35 bits per heavy atom. The average molecular weight is 331 g/mol. The van der Waals surface area contributed by atoms with Gasteiger partial charge in [0.1, 0.15) is 6.61 Å². The van der Waals surface area contributed by atoms with Crippen molar-refractivity contribution in [2.45, 2.75) is 12.6 Å². The molecule has 4 nitrogen and oxygen atoms in total. The minimum atomic E-state index is -4.42. The number of ether oxygens (including phenoxy) is 1. The van der Waals surface area contributed by atoms with E-state index in [9.17, 15) is 18.0 Å². The summed E-state index contributed by atoms with van der Waals surface area (Å²) in [6.45, 7) is -1.76. The second-order valence-corrected chi connectivity index (χ2v) is 4.64. The number of benzene rings is 1. The van der Waals surface area contributed by atoms with E-state index in [0.717, 1.165) is 0 Å². The number of anilines is 2. The molecular formula is C11H11Cl2F3N2O2. The smallest absolute Gasteiger partial charge is 0.399 e. The molecule has 0 atom stereocenters. The largest absolute Gasteiger partial charge is 0.411 e. The van der Waals surface area contributed by atoms with Gasteiger partial charge in [0, 0.05) is 5.69 Å². The number of hydrogen-bond acceptors (Lipinski definition) is 3. The first-order chi connectivity index (χ1) is 9.19. The molecule has 0 spiro atoms. The van der Waals surface area contributed by atoms with Crippen molar-refractivity contribution in [3.8, 4) is 0 Å². The van der Waals surface area contributed by atoms with Crippen LogP contribution in [0.15, 0.2) is 12.1 Å². The van der Waals surface area contributed by atoms with Gasteiger partial charge in [-0.1, -0.05) is 23.2 Å². The lowest BCUT2D eigenvalue weighted by Gasteiger charge is -2.11. The van der Waals surface area contributed by atoms with Crippen molar-refractivity contribution in [1.29, 1.82) is 0 Å². The zero-order chi connectivity index (χ0) is 15.3. The minimum absolute atomic E-state index is 0.138. The van der Waals surface area contributed by atoms with Crippen LogP contribution < -0.4 is 11.1 Å². The molecule has 20 heavy (non-hydrogen) atoms. The highest BCUT2D eigenvalue weighted by Crippen LogP contribution is 2.32. The van der Waals surface area contributed by atoms with Gasteiger partial charge >= 0.3 is 6.18 Å². The number of nitrogens with two attached hydrogens (primary N) is 1. The summed E-state index contributed by atoms with van der Waals surface area (Å²) < 4.78 is 39.7. The van der Waals surface area contributed by atoms with Gasteiger partial charge in [0.15, 0.2) is 0 Å². The molecule has 0 aromatic heterocycles. The van der Waals surface area contributed by atoms with Crippen LogP contribution in [0.3, 0.4) is 0 Å². The van der Waals surface area contributed by atoms with Crippen molar-refractivity contribution in [1.82, 2.24) is 0 Å². The maximum absolute atomic E-state index is 11.8. The Bertz CT molecular complexity index is 472. The van der Waals surface area contributed by atoms with Crippen LogP contribution in [-0.4, -0.2) is 25.3 Å². The number of alkyl halides is 3. The fourth-order valence-electron chi connectivity index (χ4n) is 1.27. The van der Waals surface area contributed by atoms with Crippen LogP contribution in [0, 0.1) is 0 Å². The molecule has 0 saturated heterocycles. The number of hydrogen-bond donors (Lipinski definition) is 2. The SMILES string of the molecule is Nc1cc(Cl)c(NC(=O)CCOCC(F)(F)F)c(Cl)c1. The van der Waals surface area contributed by atoms with Crippen LogP contribution in [0.1, 0.15) is 6.42 Å². The summed E-state index contributed by atoms with van der Waals surface area (Å²) in [5.74, 6) is -0.569. The third-order valence-corrected chi connectivity index (χ3v) is 2.66. The summed E-state index contributed by atoms with van der Waals surface area (Å²) in [7, 11) is 0. The zero-order valence-electron chi connectivity index (χ0n) is 10.1. The normalized spacial score (nSPS) is 11.4. The van der Waals surface area contributed by atoms with E-state index < -0.39 is 18.7 Å². The van der Waals surface area contributed by atoms with E-state index in [4.69, 9.17) is 28.9 Å². The van der Waals surface area contributed by atoms with Crippen LogP contribution in [0.4, 0.5) is 24.5 Å². The van der Waals surface area contributed by atoms with Crippen LogP contribution in [-0.2, 0) is 9.53 Å². The van der Waals surface area contributed by atoms with E-state index in [0.29, 0.717) is 5.69 Å². The molecule has 1 rings (SSSR count). The molecule has 1 aromatic rings. The Kier molecular flexibility index (Phi) is 5.91. The fourth-order valence-corrected chi connectivity index (χ4v) is 1.87. The van der Waals surface area contributed by atoms with Crippen molar-refractivity contribution in [2.75, 3.05) is 24.3 Å². The van der Waals surface area contributed by atoms with Crippen LogP contribution >= 0.6 is 23.2 Å². The highest BCUT2D eigenvalue weighted by atomic mass is 35.5. The van der Waals surface area contributed by atoms with Crippen molar-refractivity contribution >= 4 is 40.5 Å². The molecular weight excluding hydrogens is 320 g/mol. The van der Waals surface area contributed by atoms with Gasteiger partial charge in [-0.05, 0) is 12.1 Å². The molecule has 1 amide bonds. The summed E-state index contributed by atoms with van der Waals surface area (Å²) in [5.41, 5.74) is 5.97. The van der Waals surface area contributed by atoms with Gasteiger partial charge in [0.2, 0.25) is 5.91 Å². The Balaban J connectivity index is 2.47. The zero-order valence-corrected chi connectivity index (χ0v) is 11.6. The number of carbonyl (C=O) groups excluding carboxylic acids is 1. The van der Waals surface area contributed by atoms with Gasteiger partial charge < -0.3 is 15.8 Å². The molecule has 0 unspecified atom stereocenters. The Hall–Kier alpha value is -1.18. The maximum Gasteiger partial charge on any atom is 0.411 e. The Morgan fingerprint density at radius 1 is 1.30 bits per heavy atom. The fraction of sp³-hybridized carbons (Fsp3) is 0.364. The molecule has 0 aliphatic rings. The van der Waals surface area contributed by atoms with E-state index in [-0.39, 0.29) is 28.8 Å². The van der Waals surface area contributed by atoms with Gasteiger partial charge in [-0.15, -0.1) is 0 Å². The number of nitrogen functional groups attached to an aromatic ring is 1. The first-order valence-corrected chi connectivity index (χ1v) is 6.13. The molecule has 0 fully saturated rings. The number of rotatable bonds is 5. The minimum Gasteiger partial charge on any atom is -0.399 e. The highest BCUT2D eigenvalue weighted by Gasteiger charge is 2.27. The third-order valence-electron chi connectivity index (χ3n) is 2.07. The monoisotopic (exact) mass is 330 g/mol. The Morgan fingerprint density at radius 2 is 1.85 bits per heavy atom. The average Bonchev–Trinajstić information content (AvgIpc) is 2.28. The molecule has 0 heterocycles. The maximum atomic E-state index is 11.8. The number of carbonyl (C=O) groups is 1. The molecule has 0 bridgehead atoms. The summed E-state index contributed by atoms with van der Waals surface area (Å²) >= 11 is 11.7. The van der Waals surface area contributed by atoms with Gasteiger partial charge in [0.05, 0.1) is 28.8 Å². The number of halogens is 5. The topological polar surface area (TPSA) is 64.3 Å². The molecule has 1 aromatic carbocycles. The number of amides is 1. The summed E-state index contributed by atoms with van der Waals surface area (Å²) in [5, 5.41) is 2.66. The van der Waals surface area contributed by atoms with Crippen LogP contribution in [0.5, 0.6) is 0 Å². The van der Waals surface area contributed by atoms with E-state index in [1.165, 1.54) is 12.1 Å². The van der Waals surface area contributed by atoms with Gasteiger partial charge in [-0.25, -0.2) is 0 Å². The van der Waals surface area contributed by atoms with Crippen LogP contribution in [0.2, 0.25) is 10.0 Å².